The predicted octanol–water partition coefficient (Wildman–Crippen LogP) is 4.51. The van der Waals surface area contributed by atoms with Crippen molar-refractivity contribution in [3.8, 4) is 5.75 Å². The molecule has 0 bridgehead atoms. The van der Waals surface area contributed by atoms with Crippen molar-refractivity contribution in [2.45, 2.75) is 18.7 Å². The molecular weight excluding hydrogens is 332 g/mol. The molecule has 0 atom stereocenters. The van der Waals surface area contributed by atoms with Gasteiger partial charge >= 0.3 is 0 Å². The van der Waals surface area contributed by atoms with Crippen molar-refractivity contribution >= 4 is 23.4 Å². The summed E-state index contributed by atoms with van der Waals surface area (Å²) >= 11 is 1.39. The second-order valence-corrected chi connectivity index (χ2v) is 5.98. The van der Waals surface area contributed by atoms with Crippen LogP contribution in [0.2, 0.25) is 0 Å². The summed E-state index contributed by atoms with van der Waals surface area (Å²) in [5.41, 5.74) is 0.355. The van der Waals surface area contributed by atoms with Gasteiger partial charge in [0.2, 0.25) is 5.91 Å². The minimum atomic E-state index is -0.960. The van der Waals surface area contributed by atoms with E-state index in [1.165, 1.54) is 22.7 Å². The Balaban J connectivity index is 2.00. The third-order valence-electron chi connectivity index (χ3n) is 3.33. The number of rotatable bonds is 7. The van der Waals surface area contributed by atoms with Crippen molar-refractivity contribution in [2.24, 2.45) is 0 Å². The van der Waals surface area contributed by atoms with Crippen LogP contribution in [-0.2, 0) is 4.79 Å². The minimum Gasteiger partial charge on any atom is -0.494 e. The first-order valence-electron chi connectivity index (χ1n) is 7.66. The van der Waals surface area contributed by atoms with Gasteiger partial charge in [0.15, 0.2) is 11.6 Å². The molecule has 2 rings (SSSR count). The van der Waals surface area contributed by atoms with E-state index in [4.69, 9.17) is 4.74 Å². The fourth-order valence-electron chi connectivity index (χ4n) is 2.18. The van der Waals surface area contributed by atoms with Gasteiger partial charge in [0.25, 0.3) is 0 Å². The lowest BCUT2D eigenvalue weighted by Crippen LogP contribution is -2.32. The third-order valence-corrected chi connectivity index (χ3v) is 4.33. The van der Waals surface area contributed by atoms with Gasteiger partial charge in [-0.15, -0.1) is 11.8 Å². The molecule has 0 N–H and O–H groups in total. The van der Waals surface area contributed by atoms with Gasteiger partial charge in [-0.3, -0.25) is 4.79 Å². The molecule has 0 aliphatic rings. The molecule has 128 valence electrons. The Bertz CT molecular complexity index is 692. The third kappa shape index (κ3) is 4.71. The number of hydrogen-bond donors (Lipinski definition) is 0. The summed E-state index contributed by atoms with van der Waals surface area (Å²) < 4.78 is 31.8. The van der Waals surface area contributed by atoms with Crippen molar-refractivity contribution in [1.82, 2.24) is 0 Å². The Morgan fingerprint density at radius 3 is 2.38 bits per heavy atom. The summed E-state index contributed by atoms with van der Waals surface area (Å²) in [5.74, 6) is -1.06. The maximum atomic E-state index is 13.4. The zero-order chi connectivity index (χ0) is 17.5. The van der Waals surface area contributed by atoms with Crippen LogP contribution in [0.4, 0.5) is 14.5 Å². The second kappa shape index (κ2) is 8.68. The molecule has 0 spiro atoms. The lowest BCUT2D eigenvalue weighted by Gasteiger charge is -2.21. The van der Waals surface area contributed by atoms with E-state index in [1.807, 2.05) is 31.2 Å². The highest BCUT2D eigenvalue weighted by molar-refractivity contribution is 8.00. The van der Waals surface area contributed by atoms with Crippen molar-refractivity contribution in [3.05, 3.63) is 54.1 Å². The predicted molar refractivity (Wildman–Crippen MR) is 92.7 cm³/mol. The number of hydrogen-bond acceptors (Lipinski definition) is 3. The maximum Gasteiger partial charge on any atom is 0.237 e. The lowest BCUT2D eigenvalue weighted by molar-refractivity contribution is -0.116. The van der Waals surface area contributed by atoms with Crippen LogP contribution in [0.3, 0.4) is 0 Å². The first kappa shape index (κ1) is 18.3. The lowest BCUT2D eigenvalue weighted by atomic mass is 10.2. The van der Waals surface area contributed by atoms with Crippen LogP contribution >= 0.6 is 11.8 Å². The highest BCUT2D eigenvalue weighted by Crippen LogP contribution is 2.24. The van der Waals surface area contributed by atoms with E-state index in [-0.39, 0.29) is 11.7 Å². The monoisotopic (exact) mass is 351 g/mol. The van der Waals surface area contributed by atoms with Crippen LogP contribution in [0, 0.1) is 11.6 Å². The summed E-state index contributed by atoms with van der Waals surface area (Å²) in [4.78, 5) is 14.8. The zero-order valence-corrected chi connectivity index (χ0v) is 14.4. The van der Waals surface area contributed by atoms with Crippen LogP contribution in [0.25, 0.3) is 0 Å². The molecule has 2 aromatic rings. The van der Waals surface area contributed by atoms with Crippen molar-refractivity contribution in [2.75, 3.05) is 23.8 Å². The van der Waals surface area contributed by atoms with Gasteiger partial charge < -0.3 is 9.64 Å². The van der Waals surface area contributed by atoms with E-state index < -0.39 is 11.6 Å². The number of benzene rings is 2. The topological polar surface area (TPSA) is 29.5 Å². The molecular formula is C18H19F2NO2S. The van der Waals surface area contributed by atoms with E-state index in [2.05, 4.69) is 0 Å². The number of carbonyl (C=O) groups excluding carboxylic acids is 1. The summed E-state index contributed by atoms with van der Waals surface area (Å²) in [6.07, 6.45) is 0. The fraction of sp³-hybridized carbons (Fsp3) is 0.278. The molecule has 0 unspecified atom stereocenters. The molecule has 2 aromatic carbocycles. The van der Waals surface area contributed by atoms with Crippen molar-refractivity contribution in [1.29, 1.82) is 0 Å². The van der Waals surface area contributed by atoms with Gasteiger partial charge in [-0.2, -0.15) is 0 Å². The fourth-order valence-corrected chi connectivity index (χ4v) is 2.95. The average molecular weight is 351 g/mol. The molecule has 0 saturated heterocycles. The quantitative estimate of drug-likeness (QED) is 0.688. The van der Waals surface area contributed by atoms with Gasteiger partial charge in [0.1, 0.15) is 5.75 Å². The number of ether oxygens (including phenoxy) is 1. The average Bonchev–Trinajstić information content (AvgIpc) is 2.58. The minimum absolute atomic E-state index is 0.164. The molecule has 0 heterocycles. The largest absolute Gasteiger partial charge is 0.494 e. The highest BCUT2D eigenvalue weighted by atomic mass is 32.2. The van der Waals surface area contributed by atoms with Crippen molar-refractivity contribution < 1.29 is 18.3 Å². The molecule has 24 heavy (non-hydrogen) atoms. The van der Waals surface area contributed by atoms with E-state index in [0.29, 0.717) is 18.8 Å². The second-order valence-electron chi connectivity index (χ2n) is 4.93. The van der Waals surface area contributed by atoms with Crippen LogP contribution in [-0.4, -0.2) is 24.8 Å². The van der Waals surface area contributed by atoms with Gasteiger partial charge in [-0.05, 0) is 50.2 Å². The summed E-state index contributed by atoms with van der Waals surface area (Å²) in [7, 11) is 0. The number of carbonyl (C=O) groups is 1. The smallest absolute Gasteiger partial charge is 0.237 e. The van der Waals surface area contributed by atoms with E-state index in [0.717, 1.165) is 22.8 Å². The first-order chi connectivity index (χ1) is 11.5. The normalized spacial score (nSPS) is 10.5. The number of thioether (sulfide) groups is 1. The number of amides is 1. The number of anilines is 1. The summed E-state index contributed by atoms with van der Waals surface area (Å²) in [6, 6.07) is 10.9. The SMILES string of the molecule is CCOc1ccc(SCC(=O)N(CC)c2ccc(F)c(F)c2)cc1. The molecule has 0 radical (unpaired) electrons. The molecule has 0 aliphatic carbocycles. The van der Waals surface area contributed by atoms with E-state index in [1.54, 1.807) is 6.92 Å². The van der Waals surface area contributed by atoms with Gasteiger partial charge in [-0.1, -0.05) is 0 Å². The Hall–Kier alpha value is -2.08. The Morgan fingerprint density at radius 2 is 1.79 bits per heavy atom. The number of halogens is 2. The van der Waals surface area contributed by atoms with E-state index in [9.17, 15) is 13.6 Å². The van der Waals surface area contributed by atoms with Gasteiger partial charge in [0, 0.05) is 23.2 Å². The van der Waals surface area contributed by atoms with E-state index >= 15 is 0 Å². The zero-order valence-electron chi connectivity index (χ0n) is 13.6. The molecule has 0 saturated carbocycles. The van der Waals surface area contributed by atoms with Crippen LogP contribution < -0.4 is 9.64 Å². The Labute approximate surface area is 144 Å². The summed E-state index contributed by atoms with van der Waals surface area (Å²) in [5, 5.41) is 0. The van der Waals surface area contributed by atoms with Crippen LogP contribution in [0.1, 0.15) is 13.8 Å². The Kier molecular flexibility index (Phi) is 6.61. The molecule has 0 aliphatic heterocycles. The molecule has 0 aromatic heterocycles. The van der Waals surface area contributed by atoms with Gasteiger partial charge in [-0.25, -0.2) is 8.78 Å². The Morgan fingerprint density at radius 1 is 1.08 bits per heavy atom. The first-order valence-corrected chi connectivity index (χ1v) is 8.64. The van der Waals surface area contributed by atoms with Crippen LogP contribution in [0.15, 0.2) is 47.4 Å². The molecule has 0 fully saturated rings. The van der Waals surface area contributed by atoms with Crippen molar-refractivity contribution in [3.63, 3.8) is 0 Å². The summed E-state index contributed by atoms with van der Waals surface area (Å²) in [6.45, 7) is 4.69. The standard InChI is InChI=1S/C18H19F2NO2S/c1-3-21(13-5-10-16(19)17(20)11-13)18(22)12-24-15-8-6-14(7-9-15)23-4-2/h5-11H,3-4,12H2,1-2H3. The van der Waals surface area contributed by atoms with Crippen LogP contribution in [0.5, 0.6) is 5.75 Å². The number of nitrogens with zero attached hydrogens (tertiary/aromatic N) is 1. The molecule has 3 nitrogen and oxygen atoms in total. The van der Waals surface area contributed by atoms with Gasteiger partial charge in [0.05, 0.1) is 12.4 Å². The molecule has 1 amide bonds. The molecule has 6 heteroatoms. The highest BCUT2D eigenvalue weighted by Gasteiger charge is 2.16. The maximum absolute atomic E-state index is 13.4.